The second-order valence-corrected chi connectivity index (χ2v) is 5.43. The minimum absolute atomic E-state index is 0. The number of rotatable bonds is 7. The summed E-state index contributed by atoms with van der Waals surface area (Å²) in [5.74, 6) is -4.97. The molecule has 0 radical (unpaired) electrons. The Morgan fingerprint density at radius 2 is 1.68 bits per heavy atom. The third kappa shape index (κ3) is 6.11. The van der Waals surface area contributed by atoms with Crippen LogP contribution in [0.1, 0.15) is 11.1 Å². The van der Waals surface area contributed by atoms with Gasteiger partial charge in [-0.15, -0.1) is 24.0 Å². The average molecular weight is 509 g/mol. The fourth-order valence-corrected chi connectivity index (χ4v) is 2.29. The SMILES string of the molecule is C=CCOc1ccccc1CNC(=NC)NCc1c(F)c(F)cc(F)c1F.I. The first-order valence-electron chi connectivity index (χ1n) is 8.05. The molecule has 0 aliphatic heterocycles. The summed E-state index contributed by atoms with van der Waals surface area (Å²) in [7, 11) is 1.45. The number of nitrogens with zero attached hydrogens (tertiary/aromatic N) is 1. The third-order valence-corrected chi connectivity index (χ3v) is 3.63. The normalized spacial score (nSPS) is 10.8. The van der Waals surface area contributed by atoms with Crippen molar-refractivity contribution in [2.75, 3.05) is 13.7 Å². The fraction of sp³-hybridized carbons (Fsp3) is 0.211. The Balaban J connectivity index is 0.00000392. The van der Waals surface area contributed by atoms with Crippen LogP contribution in [-0.4, -0.2) is 19.6 Å². The Hall–Kier alpha value is -2.30. The van der Waals surface area contributed by atoms with E-state index in [9.17, 15) is 17.6 Å². The van der Waals surface area contributed by atoms with E-state index < -0.39 is 35.4 Å². The van der Waals surface area contributed by atoms with Crippen LogP contribution >= 0.6 is 24.0 Å². The molecule has 0 spiro atoms. The van der Waals surface area contributed by atoms with Gasteiger partial charge in [0.25, 0.3) is 0 Å². The molecule has 0 aromatic heterocycles. The van der Waals surface area contributed by atoms with E-state index in [1.54, 1.807) is 12.1 Å². The van der Waals surface area contributed by atoms with Gasteiger partial charge in [-0.25, -0.2) is 17.6 Å². The van der Waals surface area contributed by atoms with Gasteiger partial charge in [0.1, 0.15) is 12.4 Å². The van der Waals surface area contributed by atoms with Gasteiger partial charge in [-0.05, 0) is 6.07 Å². The summed E-state index contributed by atoms with van der Waals surface area (Å²) < 4.78 is 59.5. The first kappa shape index (κ1) is 23.7. The number of benzene rings is 2. The molecule has 152 valence electrons. The van der Waals surface area contributed by atoms with Crippen LogP contribution in [0.15, 0.2) is 48.0 Å². The first-order valence-corrected chi connectivity index (χ1v) is 8.05. The summed E-state index contributed by atoms with van der Waals surface area (Å²) >= 11 is 0. The first-order chi connectivity index (χ1) is 13.0. The lowest BCUT2D eigenvalue weighted by Gasteiger charge is -2.15. The Morgan fingerprint density at radius 1 is 1.07 bits per heavy atom. The minimum Gasteiger partial charge on any atom is -0.489 e. The molecule has 0 amide bonds. The number of halogens is 5. The lowest BCUT2D eigenvalue weighted by Crippen LogP contribution is -2.37. The summed E-state index contributed by atoms with van der Waals surface area (Å²) in [4.78, 5) is 3.92. The number of aliphatic imine (C=N–C) groups is 1. The number of hydrogen-bond acceptors (Lipinski definition) is 2. The number of hydrogen-bond donors (Lipinski definition) is 2. The van der Waals surface area contributed by atoms with Crippen molar-refractivity contribution in [3.05, 3.63) is 77.4 Å². The Bertz CT molecular complexity index is 820. The van der Waals surface area contributed by atoms with E-state index in [1.165, 1.54) is 7.05 Å². The average Bonchev–Trinajstić information content (AvgIpc) is 2.67. The molecule has 2 aromatic rings. The quantitative estimate of drug-likeness (QED) is 0.146. The van der Waals surface area contributed by atoms with Crippen molar-refractivity contribution in [3.8, 4) is 5.75 Å². The molecule has 28 heavy (non-hydrogen) atoms. The molecular weight excluding hydrogens is 489 g/mol. The molecular formula is C19H20F4IN3O. The lowest BCUT2D eigenvalue weighted by molar-refractivity contribution is 0.358. The number of para-hydroxylation sites is 1. The van der Waals surface area contributed by atoms with Crippen LogP contribution < -0.4 is 15.4 Å². The molecule has 4 nitrogen and oxygen atoms in total. The molecule has 0 atom stereocenters. The smallest absolute Gasteiger partial charge is 0.191 e. The zero-order chi connectivity index (χ0) is 19.8. The molecule has 0 heterocycles. The molecule has 0 saturated heterocycles. The van der Waals surface area contributed by atoms with Gasteiger partial charge in [0.05, 0.1) is 0 Å². The minimum atomic E-state index is -1.46. The van der Waals surface area contributed by atoms with E-state index in [0.29, 0.717) is 18.9 Å². The number of ether oxygens (including phenoxy) is 1. The summed E-state index contributed by atoms with van der Waals surface area (Å²) in [6.07, 6.45) is 1.62. The van der Waals surface area contributed by atoms with Gasteiger partial charge in [0.2, 0.25) is 0 Å². The Kier molecular flexibility index (Phi) is 9.77. The van der Waals surface area contributed by atoms with Crippen LogP contribution in [0.5, 0.6) is 5.75 Å². The van der Waals surface area contributed by atoms with Crippen molar-refractivity contribution in [2.24, 2.45) is 4.99 Å². The number of guanidine groups is 1. The maximum absolute atomic E-state index is 13.7. The van der Waals surface area contributed by atoms with E-state index in [-0.39, 0.29) is 36.0 Å². The maximum Gasteiger partial charge on any atom is 0.191 e. The van der Waals surface area contributed by atoms with Crippen molar-refractivity contribution in [3.63, 3.8) is 0 Å². The second-order valence-electron chi connectivity index (χ2n) is 5.43. The van der Waals surface area contributed by atoms with Crippen LogP contribution in [0.3, 0.4) is 0 Å². The predicted molar refractivity (Wildman–Crippen MR) is 111 cm³/mol. The molecule has 0 aliphatic carbocycles. The molecule has 0 unspecified atom stereocenters. The van der Waals surface area contributed by atoms with Crippen LogP contribution in [-0.2, 0) is 13.1 Å². The molecule has 0 bridgehead atoms. The van der Waals surface area contributed by atoms with Crippen molar-refractivity contribution < 1.29 is 22.3 Å². The highest BCUT2D eigenvalue weighted by Crippen LogP contribution is 2.19. The van der Waals surface area contributed by atoms with Gasteiger partial charge in [-0.3, -0.25) is 4.99 Å². The van der Waals surface area contributed by atoms with E-state index in [2.05, 4.69) is 22.2 Å². The zero-order valence-corrected chi connectivity index (χ0v) is 17.4. The van der Waals surface area contributed by atoms with Gasteiger partial charge < -0.3 is 15.4 Å². The standard InChI is InChI=1S/C19H19F4N3O.HI/c1-3-8-27-16-7-5-4-6-12(16)10-25-19(24-2)26-11-13-17(22)14(20)9-15(21)18(13)23;/h3-7,9H,1,8,10-11H2,2H3,(H2,24,25,26);1H. The lowest BCUT2D eigenvalue weighted by atomic mass is 10.2. The summed E-state index contributed by atoms with van der Waals surface area (Å²) in [6, 6.07) is 7.44. The van der Waals surface area contributed by atoms with E-state index >= 15 is 0 Å². The highest BCUT2D eigenvalue weighted by atomic mass is 127. The van der Waals surface area contributed by atoms with Crippen molar-refractivity contribution in [2.45, 2.75) is 13.1 Å². The number of nitrogens with one attached hydrogen (secondary N) is 2. The largest absolute Gasteiger partial charge is 0.489 e. The summed E-state index contributed by atoms with van der Waals surface area (Å²) in [5.41, 5.74) is 0.0710. The van der Waals surface area contributed by atoms with Crippen LogP contribution in [0.2, 0.25) is 0 Å². The van der Waals surface area contributed by atoms with Crippen LogP contribution in [0, 0.1) is 23.3 Å². The zero-order valence-electron chi connectivity index (χ0n) is 15.1. The highest BCUT2D eigenvalue weighted by molar-refractivity contribution is 14.0. The van der Waals surface area contributed by atoms with Crippen molar-refractivity contribution >= 4 is 29.9 Å². The molecule has 2 aromatic carbocycles. The van der Waals surface area contributed by atoms with Gasteiger partial charge >= 0.3 is 0 Å². The molecule has 0 aliphatic rings. The molecule has 2 N–H and O–H groups in total. The predicted octanol–water partition coefficient (Wildman–Crippen LogP) is 4.29. The van der Waals surface area contributed by atoms with Gasteiger partial charge in [0.15, 0.2) is 29.2 Å². The monoisotopic (exact) mass is 509 g/mol. The van der Waals surface area contributed by atoms with Crippen LogP contribution in [0.25, 0.3) is 0 Å². The molecule has 2 rings (SSSR count). The molecule has 9 heteroatoms. The maximum atomic E-state index is 13.7. The van der Waals surface area contributed by atoms with E-state index in [4.69, 9.17) is 4.74 Å². The van der Waals surface area contributed by atoms with E-state index in [1.807, 2.05) is 18.2 Å². The molecule has 0 fully saturated rings. The van der Waals surface area contributed by atoms with Crippen molar-refractivity contribution in [1.82, 2.24) is 10.6 Å². The Morgan fingerprint density at radius 3 is 2.29 bits per heavy atom. The van der Waals surface area contributed by atoms with Gasteiger partial charge in [-0.1, -0.05) is 30.9 Å². The fourth-order valence-electron chi connectivity index (χ4n) is 2.29. The molecule has 0 saturated carbocycles. The van der Waals surface area contributed by atoms with E-state index in [0.717, 1.165) is 5.56 Å². The van der Waals surface area contributed by atoms with Gasteiger partial charge in [0, 0.05) is 37.3 Å². The van der Waals surface area contributed by atoms with Gasteiger partial charge in [-0.2, -0.15) is 0 Å². The summed E-state index contributed by atoms with van der Waals surface area (Å²) in [6.45, 7) is 3.74. The summed E-state index contributed by atoms with van der Waals surface area (Å²) in [5, 5.41) is 5.56. The Labute approximate surface area is 177 Å². The second kappa shape index (κ2) is 11.5. The topological polar surface area (TPSA) is 45.6 Å². The third-order valence-electron chi connectivity index (χ3n) is 3.63. The van der Waals surface area contributed by atoms with Crippen molar-refractivity contribution in [1.29, 1.82) is 0 Å². The highest BCUT2D eigenvalue weighted by Gasteiger charge is 2.19. The van der Waals surface area contributed by atoms with Crippen LogP contribution in [0.4, 0.5) is 17.6 Å².